The molecular weight excluding hydrogens is 216 g/mol. The molecule has 0 fully saturated rings. The van der Waals surface area contributed by atoms with Crippen molar-refractivity contribution < 1.29 is 18.7 Å². The zero-order valence-electron chi connectivity index (χ0n) is 7.09. The fourth-order valence-electron chi connectivity index (χ4n) is 0.961. The van der Waals surface area contributed by atoms with E-state index in [1.165, 1.54) is 6.92 Å². The number of carboxylic acids is 1. The second kappa shape index (κ2) is 3.88. The van der Waals surface area contributed by atoms with E-state index in [1.54, 1.807) is 0 Å². The molecule has 1 N–H and O–H groups in total. The molecule has 14 heavy (non-hydrogen) atoms. The predicted octanol–water partition coefficient (Wildman–Crippen LogP) is 2.68. The number of pyridine rings is 1. The maximum atomic E-state index is 12.3. The number of carboxylic acid groups (broad SMARTS) is 1. The van der Waals surface area contributed by atoms with Crippen LogP contribution in [0.25, 0.3) is 0 Å². The lowest BCUT2D eigenvalue weighted by Gasteiger charge is -2.07. The molecular formula is C8H6ClF2NO2. The number of rotatable bonds is 2. The van der Waals surface area contributed by atoms with Crippen molar-refractivity contribution in [2.24, 2.45) is 0 Å². The standard InChI is InChI=1S/C8H6ClF2NO2/c1-3-4(7(10)11)2-12-6(5(3)9)8(13)14/h2,7H,1H3,(H,13,14). The Balaban J connectivity index is 3.33. The first-order valence-corrected chi connectivity index (χ1v) is 3.99. The molecule has 0 atom stereocenters. The van der Waals surface area contributed by atoms with E-state index in [9.17, 15) is 13.6 Å². The fourth-order valence-corrected chi connectivity index (χ4v) is 1.20. The quantitative estimate of drug-likeness (QED) is 0.835. The number of nitrogens with zero attached hydrogens (tertiary/aromatic N) is 1. The Morgan fingerprint density at radius 3 is 2.64 bits per heavy atom. The Labute approximate surface area is 83.3 Å². The number of hydrogen-bond acceptors (Lipinski definition) is 2. The summed E-state index contributed by atoms with van der Waals surface area (Å²) in [5.74, 6) is -1.33. The molecule has 1 aromatic rings. The van der Waals surface area contributed by atoms with Gasteiger partial charge < -0.3 is 5.11 Å². The molecule has 3 nitrogen and oxygen atoms in total. The molecule has 1 heterocycles. The van der Waals surface area contributed by atoms with Gasteiger partial charge in [-0.05, 0) is 12.5 Å². The van der Waals surface area contributed by atoms with Gasteiger partial charge in [0.25, 0.3) is 6.43 Å². The third-order valence-electron chi connectivity index (χ3n) is 1.74. The van der Waals surface area contributed by atoms with Crippen molar-refractivity contribution in [2.75, 3.05) is 0 Å². The van der Waals surface area contributed by atoms with Crippen LogP contribution in [-0.2, 0) is 0 Å². The molecule has 0 unspecified atom stereocenters. The van der Waals surface area contributed by atoms with E-state index in [1.807, 2.05) is 0 Å². The highest BCUT2D eigenvalue weighted by atomic mass is 35.5. The monoisotopic (exact) mass is 221 g/mol. The first-order chi connectivity index (χ1) is 6.45. The van der Waals surface area contributed by atoms with Crippen LogP contribution in [0.1, 0.15) is 28.0 Å². The Bertz CT molecular complexity index is 382. The minimum absolute atomic E-state index is 0.0501. The molecule has 1 aromatic heterocycles. The minimum atomic E-state index is -2.71. The number of halogens is 3. The summed E-state index contributed by atoms with van der Waals surface area (Å²) in [6, 6.07) is 0. The molecule has 0 aromatic carbocycles. The lowest BCUT2D eigenvalue weighted by molar-refractivity contribution is 0.0690. The van der Waals surface area contributed by atoms with E-state index in [2.05, 4.69) is 4.98 Å². The van der Waals surface area contributed by atoms with E-state index in [-0.39, 0.29) is 16.1 Å². The molecule has 0 bridgehead atoms. The van der Waals surface area contributed by atoms with Crippen LogP contribution in [0.15, 0.2) is 6.20 Å². The summed E-state index contributed by atoms with van der Waals surface area (Å²) in [5, 5.41) is 8.34. The van der Waals surface area contributed by atoms with Gasteiger partial charge in [-0.1, -0.05) is 11.6 Å². The molecule has 0 aliphatic rings. The molecule has 0 aliphatic carbocycles. The van der Waals surface area contributed by atoms with Gasteiger partial charge in [0.05, 0.1) is 5.02 Å². The molecule has 0 saturated carbocycles. The van der Waals surface area contributed by atoms with Gasteiger partial charge in [0.15, 0.2) is 5.69 Å². The second-order valence-corrected chi connectivity index (χ2v) is 2.98. The van der Waals surface area contributed by atoms with Crippen LogP contribution in [-0.4, -0.2) is 16.1 Å². The zero-order chi connectivity index (χ0) is 10.9. The molecule has 0 saturated heterocycles. The average molecular weight is 222 g/mol. The Morgan fingerprint density at radius 1 is 1.64 bits per heavy atom. The summed E-state index contributed by atoms with van der Waals surface area (Å²) in [4.78, 5) is 13.9. The van der Waals surface area contributed by atoms with Crippen molar-refractivity contribution in [1.82, 2.24) is 4.98 Å². The Morgan fingerprint density at radius 2 is 2.21 bits per heavy atom. The van der Waals surface area contributed by atoms with E-state index in [0.717, 1.165) is 6.20 Å². The maximum Gasteiger partial charge on any atom is 0.356 e. The number of aromatic carboxylic acids is 1. The molecule has 0 aliphatic heterocycles. The van der Waals surface area contributed by atoms with Crippen LogP contribution in [0.2, 0.25) is 5.02 Å². The molecule has 76 valence electrons. The summed E-state index contributed by atoms with van der Waals surface area (Å²) in [6.45, 7) is 1.33. The second-order valence-electron chi connectivity index (χ2n) is 2.61. The Kier molecular flexibility index (Phi) is 3.00. The first kappa shape index (κ1) is 10.8. The van der Waals surface area contributed by atoms with Crippen molar-refractivity contribution in [3.05, 3.63) is 28.0 Å². The van der Waals surface area contributed by atoms with Crippen LogP contribution >= 0.6 is 11.6 Å². The largest absolute Gasteiger partial charge is 0.476 e. The zero-order valence-corrected chi connectivity index (χ0v) is 7.85. The number of aromatic nitrogens is 1. The van der Waals surface area contributed by atoms with Crippen molar-refractivity contribution >= 4 is 17.6 Å². The van der Waals surface area contributed by atoms with Crippen molar-refractivity contribution in [3.8, 4) is 0 Å². The average Bonchev–Trinajstić information content (AvgIpc) is 2.08. The molecule has 0 spiro atoms. The smallest absolute Gasteiger partial charge is 0.356 e. The summed E-state index contributed by atoms with van der Waals surface area (Å²) in [7, 11) is 0. The van der Waals surface area contributed by atoms with Gasteiger partial charge in [0.1, 0.15) is 0 Å². The SMILES string of the molecule is Cc1c(C(F)F)cnc(C(=O)O)c1Cl. The maximum absolute atomic E-state index is 12.3. The third kappa shape index (κ3) is 1.82. The number of hydrogen-bond donors (Lipinski definition) is 1. The van der Waals surface area contributed by atoms with Crippen molar-refractivity contribution in [2.45, 2.75) is 13.3 Å². The van der Waals surface area contributed by atoms with Gasteiger partial charge in [0.2, 0.25) is 0 Å². The predicted molar refractivity (Wildman–Crippen MR) is 45.9 cm³/mol. The van der Waals surface area contributed by atoms with Crippen LogP contribution < -0.4 is 0 Å². The van der Waals surface area contributed by atoms with Crippen LogP contribution in [0.5, 0.6) is 0 Å². The van der Waals surface area contributed by atoms with Crippen molar-refractivity contribution in [1.29, 1.82) is 0 Å². The van der Waals surface area contributed by atoms with E-state index in [0.29, 0.717) is 0 Å². The van der Waals surface area contributed by atoms with Gasteiger partial charge in [-0.2, -0.15) is 0 Å². The number of carbonyl (C=O) groups is 1. The van der Waals surface area contributed by atoms with Crippen LogP contribution in [0.3, 0.4) is 0 Å². The van der Waals surface area contributed by atoms with Crippen LogP contribution in [0.4, 0.5) is 8.78 Å². The summed E-state index contributed by atoms with van der Waals surface area (Å²) >= 11 is 5.56. The third-order valence-corrected chi connectivity index (χ3v) is 2.20. The summed E-state index contributed by atoms with van der Waals surface area (Å²) in [5.41, 5.74) is -0.706. The minimum Gasteiger partial charge on any atom is -0.476 e. The van der Waals surface area contributed by atoms with Gasteiger partial charge >= 0.3 is 5.97 Å². The van der Waals surface area contributed by atoms with Crippen molar-refractivity contribution in [3.63, 3.8) is 0 Å². The lowest BCUT2D eigenvalue weighted by Crippen LogP contribution is -2.05. The summed E-state index contributed by atoms with van der Waals surface area (Å²) in [6.07, 6.45) is -1.88. The Hall–Kier alpha value is -1.23. The molecule has 0 amide bonds. The molecule has 0 radical (unpaired) electrons. The topological polar surface area (TPSA) is 50.2 Å². The normalized spacial score (nSPS) is 10.6. The van der Waals surface area contributed by atoms with Crippen LogP contribution in [0, 0.1) is 6.92 Å². The van der Waals surface area contributed by atoms with E-state index in [4.69, 9.17) is 16.7 Å². The van der Waals surface area contributed by atoms with E-state index >= 15 is 0 Å². The number of alkyl halides is 2. The highest BCUT2D eigenvalue weighted by Crippen LogP contribution is 2.28. The van der Waals surface area contributed by atoms with Gasteiger partial charge in [-0.15, -0.1) is 0 Å². The van der Waals surface area contributed by atoms with E-state index < -0.39 is 18.1 Å². The highest BCUT2D eigenvalue weighted by molar-refractivity contribution is 6.34. The van der Waals surface area contributed by atoms with Gasteiger partial charge in [0, 0.05) is 11.8 Å². The first-order valence-electron chi connectivity index (χ1n) is 3.61. The highest BCUT2D eigenvalue weighted by Gasteiger charge is 2.19. The fraction of sp³-hybridized carbons (Fsp3) is 0.250. The molecule has 1 rings (SSSR count). The van der Waals surface area contributed by atoms with Gasteiger partial charge in [-0.25, -0.2) is 18.6 Å². The summed E-state index contributed by atoms with van der Waals surface area (Å²) < 4.78 is 24.6. The molecule has 6 heteroatoms. The lowest BCUT2D eigenvalue weighted by atomic mass is 10.1. The van der Waals surface area contributed by atoms with Gasteiger partial charge in [-0.3, -0.25) is 0 Å².